The van der Waals surface area contributed by atoms with Crippen molar-refractivity contribution in [2.45, 2.75) is 40.0 Å². The molecular weight excluding hydrogens is 346 g/mol. The van der Waals surface area contributed by atoms with Crippen LogP contribution >= 0.6 is 0 Å². The molecule has 27 heavy (non-hydrogen) atoms. The number of likely N-dealkylation sites (tertiary alicyclic amines) is 1. The maximum atomic E-state index is 12.5. The van der Waals surface area contributed by atoms with Crippen LogP contribution in [0.3, 0.4) is 0 Å². The summed E-state index contributed by atoms with van der Waals surface area (Å²) in [7, 11) is 0. The summed E-state index contributed by atoms with van der Waals surface area (Å²) >= 11 is 0. The Morgan fingerprint density at radius 2 is 1.74 bits per heavy atom. The zero-order valence-electron chi connectivity index (χ0n) is 16.5. The number of rotatable bonds is 9. The van der Waals surface area contributed by atoms with Gasteiger partial charge in [-0.1, -0.05) is 6.42 Å². The number of nitrogens with zero attached hydrogens (tertiary/aromatic N) is 1. The van der Waals surface area contributed by atoms with E-state index in [0.717, 1.165) is 25.0 Å². The van der Waals surface area contributed by atoms with E-state index in [2.05, 4.69) is 4.90 Å². The first-order chi connectivity index (χ1) is 13.2. The second-order valence-electron chi connectivity index (χ2n) is 6.70. The van der Waals surface area contributed by atoms with E-state index in [0.29, 0.717) is 48.2 Å². The van der Waals surface area contributed by atoms with E-state index in [-0.39, 0.29) is 5.78 Å². The van der Waals surface area contributed by atoms with Gasteiger partial charge < -0.3 is 18.6 Å². The first-order valence-electron chi connectivity index (χ1n) is 9.86. The molecule has 0 radical (unpaired) electrons. The Bertz CT molecular complexity index is 776. The maximum absolute atomic E-state index is 12.5. The molecule has 1 aliphatic rings. The zero-order valence-corrected chi connectivity index (χ0v) is 16.5. The number of carbonyl (C=O) groups excluding carboxylic acids is 1. The largest absolute Gasteiger partial charge is 0.492 e. The fraction of sp³-hybridized carbons (Fsp3) is 0.571. The van der Waals surface area contributed by atoms with E-state index >= 15 is 0 Å². The van der Waals surface area contributed by atoms with Crippen molar-refractivity contribution >= 4 is 16.8 Å². The van der Waals surface area contributed by atoms with Crippen molar-refractivity contribution in [3.8, 4) is 17.2 Å². The average Bonchev–Trinajstić information content (AvgIpc) is 3.15. The fourth-order valence-electron chi connectivity index (χ4n) is 3.61. The monoisotopic (exact) mass is 375 g/mol. The van der Waals surface area contributed by atoms with Crippen LogP contribution < -0.4 is 14.2 Å². The molecule has 1 aliphatic heterocycles. The van der Waals surface area contributed by atoms with Crippen molar-refractivity contribution in [2.75, 3.05) is 39.5 Å². The minimum absolute atomic E-state index is 0.115. The molecule has 0 spiro atoms. The standard InChI is InChI=1S/C21H29NO5/c1-4-24-18-16-9-13-26-19(16)21(25-5-2)20(17(18)15(3)23)27-14-12-22-10-7-6-8-11-22/h9,13H,4-8,10-12,14H2,1-3H3. The molecule has 1 fully saturated rings. The third kappa shape index (κ3) is 4.21. The number of hydrogen-bond acceptors (Lipinski definition) is 6. The lowest BCUT2D eigenvalue weighted by Gasteiger charge is -2.26. The second kappa shape index (κ2) is 9.13. The van der Waals surface area contributed by atoms with Gasteiger partial charge >= 0.3 is 0 Å². The van der Waals surface area contributed by atoms with Gasteiger partial charge in [0.2, 0.25) is 5.75 Å². The number of benzene rings is 1. The highest BCUT2D eigenvalue weighted by molar-refractivity contribution is 6.08. The van der Waals surface area contributed by atoms with Crippen molar-refractivity contribution in [2.24, 2.45) is 0 Å². The topological polar surface area (TPSA) is 61.1 Å². The molecule has 6 heteroatoms. The molecule has 0 aliphatic carbocycles. The summed E-state index contributed by atoms with van der Waals surface area (Å²) in [5.74, 6) is 1.29. The molecule has 1 saturated heterocycles. The van der Waals surface area contributed by atoms with Crippen LogP contribution in [0.5, 0.6) is 17.2 Å². The molecule has 0 saturated carbocycles. The number of hydrogen-bond donors (Lipinski definition) is 0. The quantitative estimate of drug-likeness (QED) is 0.609. The normalized spacial score (nSPS) is 15.1. The van der Waals surface area contributed by atoms with Gasteiger partial charge in [0.25, 0.3) is 0 Å². The number of ether oxygens (including phenoxy) is 3. The van der Waals surface area contributed by atoms with Crippen LogP contribution in [0.1, 0.15) is 50.4 Å². The first kappa shape index (κ1) is 19.5. The van der Waals surface area contributed by atoms with Gasteiger partial charge in [-0.3, -0.25) is 9.69 Å². The Morgan fingerprint density at radius 1 is 1.04 bits per heavy atom. The van der Waals surface area contributed by atoms with Crippen molar-refractivity contribution in [1.82, 2.24) is 4.90 Å². The van der Waals surface area contributed by atoms with Crippen molar-refractivity contribution in [3.05, 3.63) is 17.9 Å². The summed E-state index contributed by atoms with van der Waals surface area (Å²) in [5, 5.41) is 0.730. The predicted octanol–water partition coefficient (Wildman–Crippen LogP) is 4.30. The highest BCUT2D eigenvalue weighted by atomic mass is 16.5. The minimum Gasteiger partial charge on any atom is -0.492 e. The number of fused-ring (bicyclic) bond motifs is 1. The summed E-state index contributed by atoms with van der Waals surface area (Å²) in [6.45, 7) is 9.72. The number of piperidine rings is 1. The number of Topliss-reactive ketones (excluding diaryl/α,β-unsaturated/α-hetero) is 1. The Morgan fingerprint density at radius 3 is 2.41 bits per heavy atom. The van der Waals surface area contributed by atoms with Gasteiger partial charge in [-0.15, -0.1) is 0 Å². The van der Waals surface area contributed by atoms with Crippen LogP contribution in [0.2, 0.25) is 0 Å². The van der Waals surface area contributed by atoms with Crippen LogP contribution in [0.25, 0.3) is 11.0 Å². The maximum Gasteiger partial charge on any atom is 0.205 e. The van der Waals surface area contributed by atoms with Gasteiger partial charge in [0, 0.05) is 6.54 Å². The predicted molar refractivity (Wildman–Crippen MR) is 104 cm³/mol. The molecule has 6 nitrogen and oxygen atoms in total. The van der Waals surface area contributed by atoms with Gasteiger partial charge in [0.05, 0.1) is 24.9 Å². The Labute approximate surface area is 160 Å². The zero-order chi connectivity index (χ0) is 19.2. The molecule has 1 aromatic heterocycles. The van der Waals surface area contributed by atoms with Crippen LogP contribution in [0, 0.1) is 0 Å². The van der Waals surface area contributed by atoms with Crippen LogP contribution in [0.15, 0.2) is 16.7 Å². The summed E-state index contributed by atoms with van der Waals surface area (Å²) in [5.41, 5.74) is 0.978. The lowest BCUT2D eigenvalue weighted by Crippen LogP contribution is -2.33. The number of ketones is 1. The van der Waals surface area contributed by atoms with Crippen molar-refractivity contribution < 1.29 is 23.4 Å². The second-order valence-corrected chi connectivity index (χ2v) is 6.70. The summed E-state index contributed by atoms with van der Waals surface area (Å²) < 4.78 is 23.4. The molecule has 148 valence electrons. The van der Waals surface area contributed by atoms with Gasteiger partial charge in [0.1, 0.15) is 17.9 Å². The molecule has 2 aromatic rings. The van der Waals surface area contributed by atoms with Crippen LogP contribution in [-0.2, 0) is 0 Å². The Balaban J connectivity index is 1.97. The van der Waals surface area contributed by atoms with Gasteiger partial charge in [-0.2, -0.15) is 0 Å². The van der Waals surface area contributed by atoms with E-state index in [9.17, 15) is 4.79 Å². The summed E-state index contributed by atoms with van der Waals surface area (Å²) in [4.78, 5) is 14.9. The average molecular weight is 375 g/mol. The molecule has 0 amide bonds. The molecule has 1 aromatic carbocycles. The van der Waals surface area contributed by atoms with Crippen LogP contribution in [0.4, 0.5) is 0 Å². The van der Waals surface area contributed by atoms with Gasteiger partial charge in [-0.05, 0) is 52.8 Å². The van der Waals surface area contributed by atoms with Gasteiger partial charge in [-0.25, -0.2) is 0 Å². The van der Waals surface area contributed by atoms with E-state index in [4.69, 9.17) is 18.6 Å². The molecule has 2 heterocycles. The SMILES string of the molecule is CCOc1c(C(C)=O)c(OCCN2CCCCC2)c(OCC)c2occc12. The molecule has 0 atom stereocenters. The van der Waals surface area contributed by atoms with Crippen molar-refractivity contribution in [1.29, 1.82) is 0 Å². The minimum atomic E-state index is -0.115. The highest BCUT2D eigenvalue weighted by Crippen LogP contribution is 2.46. The van der Waals surface area contributed by atoms with E-state index in [1.165, 1.54) is 26.2 Å². The third-order valence-electron chi connectivity index (χ3n) is 4.81. The van der Waals surface area contributed by atoms with Crippen LogP contribution in [-0.4, -0.2) is 50.1 Å². The van der Waals surface area contributed by atoms with Crippen molar-refractivity contribution in [3.63, 3.8) is 0 Å². The molecule has 0 bridgehead atoms. The third-order valence-corrected chi connectivity index (χ3v) is 4.81. The Hall–Kier alpha value is -2.21. The molecule has 0 unspecified atom stereocenters. The first-order valence-corrected chi connectivity index (χ1v) is 9.86. The highest BCUT2D eigenvalue weighted by Gasteiger charge is 2.27. The number of carbonyl (C=O) groups is 1. The fourth-order valence-corrected chi connectivity index (χ4v) is 3.61. The van der Waals surface area contributed by atoms with E-state index in [1.54, 1.807) is 12.3 Å². The smallest absolute Gasteiger partial charge is 0.205 e. The lowest BCUT2D eigenvalue weighted by molar-refractivity contribution is 0.100. The van der Waals surface area contributed by atoms with Gasteiger partial charge in [0.15, 0.2) is 17.1 Å². The molecule has 0 N–H and O–H groups in total. The molecule has 3 rings (SSSR count). The van der Waals surface area contributed by atoms with E-state index in [1.807, 2.05) is 13.8 Å². The Kier molecular flexibility index (Phi) is 6.61. The molecular formula is C21H29NO5. The number of furan rings is 1. The lowest BCUT2D eigenvalue weighted by atomic mass is 10.0. The van der Waals surface area contributed by atoms with E-state index < -0.39 is 0 Å². The summed E-state index contributed by atoms with van der Waals surface area (Å²) in [6, 6.07) is 1.80. The summed E-state index contributed by atoms with van der Waals surface area (Å²) in [6.07, 6.45) is 5.34.